The standard InChI is InChI=1S/C87H140O42/c1-13-34(3)44(118-52(96)25-39(92)24-45(35(4)14-2)119-77-62(106)57(101)47(30-89)120-77)23-38(91)26-53(97)123-68-37(6)117-79(71(65(68)109)127-76-64(108)59(103)67(36(5)116-76)124-74-60(104)54(98)42(93)31-114-74)129-81(113)87-22-21-82(7,8)27-41(87)40-15-16-49-83(9)19-18-51(84(10,33-90)48(83)17-20-85(49,11)86(40,12)28-50(87)95)122-80-72(128-78-63(107)58(102)56(100)46(29-88)121-78)69(66(110)70(126-80)73(111)112)125-75-61(105)55(99)43(94)32-115-75/h15,33-39,41-51,54-72,74-80,88-89,91-95,98-110H,13-14,16-32H2,1-12H3,(H,111,112)/t34-,35-,36?,37?,38-,39-,41?,42?,43+,44-,45-,46?,47-,48?,49?,50+,51-,54-,55-,56-,57?,58-,59?,60?,61?,62?,63?,64-,65?,66+,67-,68+,69-,70?,71+,72?,74-,75-,76-,77+,78-,79-,80+,83-,84-,85+,86+,87+/m0/s1. The van der Waals surface area contributed by atoms with Crippen molar-refractivity contribution in [3.8, 4) is 0 Å². The predicted molar refractivity (Wildman–Crippen MR) is 431 cm³/mol. The van der Waals surface area contributed by atoms with Crippen LogP contribution in [0.2, 0.25) is 0 Å². The summed E-state index contributed by atoms with van der Waals surface area (Å²) in [6.07, 6.45) is -61.3. The van der Waals surface area contributed by atoms with Crippen LogP contribution in [0.15, 0.2) is 11.6 Å². The monoisotopic (exact) mass is 1860 g/mol. The summed E-state index contributed by atoms with van der Waals surface area (Å²) in [6.45, 7) is 19.4. The fraction of sp³-hybridized carbons (Fsp3) is 0.920. The molecule has 129 heavy (non-hydrogen) atoms. The summed E-state index contributed by atoms with van der Waals surface area (Å²) in [5.74, 6) is -7.05. The normalized spacial score (nSPS) is 48.4. The molecule has 21 N–H and O–H groups in total. The third-order valence-electron chi connectivity index (χ3n) is 31.4. The van der Waals surface area contributed by atoms with Crippen LogP contribution in [-0.4, -0.2) is 397 Å². The van der Waals surface area contributed by atoms with Crippen molar-refractivity contribution < 1.29 is 207 Å². The van der Waals surface area contributed by atoms with Crippen LogP contribution in [-0.2, 0) is 99.8 Å². The minimum Gasteiger partial charge on any atom is -0.479 e. The van der Waals surface area contributed by atoms with E-state index in [2.05, 4.69) is 26.8 Å². The summed E-state index contributed by atoms with van der Waals surface area (Å²) in [5, 5.41) is 233. The quantitative estimate of drug-likeness (QED) is 0.00999. The van der Waals surface area contributed by atoms with Gasteiger partial charge in [0, 0.05) is 12.8 Å². The van der Waals surface area contributed by atoms with Gasteiger partial charge in [-0.25, -0.2) is 4.79 Å². The molecule has 0 aromatic heterocycles. The smallest absolute Gasteiger partial charge is 0.335 e. The van der Waals surface area contributed by atoms with E-state index < -0.39 is 347 Å². The fourth-order valence-corrected chi connectivity index (χ4v) is 22.9. The van der Waals surface area contributed by atoms with Crippen molar-refractivity contribution in [2.24, 2.45) is 62.1 Å². The molecule has 0 amide bonds. The van der Waals surface area contributed by atoms with Crippen LogP contribution < -0.4 is 0 Å². The lowest BCUT2D eigenvalue weighted by molar-refractivity contribution is -0.391. The molecule has 7 saturated heterocycles. The lowest BCUT2D eigenvalue weighted by Crippen LogP contribution is -2.69. The Morgan fingerprint density at radius 1 is 0.504 bits per heavy atom. The summed E-state index contributed by atoms with van der Waals surface area (Å²) < 4.78 is 96.6. The second-order valence-electron chi connectivity index (χ2n) is 40.1. The highest BCUT2D eigenvalue weighted by atomic mass is 16.8. The number of esters is 3. The van der Waals surface area contributed by atoms with Crippen molar-refractivity contribution in [3.05, 3.63) is 11.6 Å². The number of aliphatic carboxylic acids is 1. The van der Waals surface area contributed by atoms with Gasteiger partial charge in [-0.1, -0.05) is 93.7 Å². The predicted octanol–water partition coefficient (Wildman–Crippen LogP) is -4.15. The van der Waals surface area contributed by atoms with Crippen LogP contribution in [0.5, 0.6) is 0 Å². The Labute approximate surface area is 747 Å². The number of aliphatic hydroxyl groups is 20. The van der Waals surface area contributed by atoms with E-state index in [1.165, 1.54) is 13.8 Å². The molecule has 740 valence electrons. The van der Waals surface area contributed by atoms with E-state index in [0.717, 1.165) is 11.9 Å². The lowest BCUT2D eigenvalue weighted by Gasteiger charge is -2.71. The van der Waals surface area contributed by atoms with Gasteiger partial charge >= 0.3 is 23.9 Å². The van der Waals surface area contributed by atoms with Gasteiger partial charge < -0.3 is 188 Å². The number of aldehydes is 1. The van der Waals surface area contributed by atoms with Gasteiger partial charge in [-0.2, -0.15) is 0 Å². The zero-order chi connectivity index (χ0) is 94.9. The molecule has 0 aromatic carbocycles. The number of carbonyl (C=O) groups is 5. The number of carboxylic acid groups (broad SMARTS) is 1. The molecule has 42 nitrogen and oxygen atoms in total. The Balaban J connectivity index is 0.785. The average Bonchev–Trinajstić information content (AvgIpc) is 0.970. The van der Waals surface area contributed by atoms with Gasteiger partial charge in [0.05, 0.1) is 87.4 Å². The summed E-state index contributed by atoms with van der Waals surface area (Å²) in [4.78, 5) is 71.7. The maximum absolute atomic E-state index is 16.2. The van der Waals surface area contributed by atoms with Gasteiger partial charge in [0.25, 0.3) is 0 Å². The number of carbonyl (C=O) groups excluding carboxylic acids is 4. The molecule has 0 radical (unpaired) electrons. The van der Waals surface area contributed by atoms with Gasteiger partial charge in [0.15, 0.2) is 56.1 Å². The highest BCUT2D eigenvalue weighted by molar-refractivity contribution is 5.80. The van der Waals surface area contributed by atoms with Crippen molar-refractivity contribution in [1.82, 2.24) is 0 Å². The third-order valence-corrected chi connectivity index (χ3v) is 31.4. The molecule has 0 spiro atoms. The summed E-state index contributed by atoms with van der Waals surface area (Å²) in [5.41, 5.74) is -5.35. The number of rotatable bonds is 32. The van der Waals surface area contributed by atoms with Gasteiger partial charge in [0.1, 0.15) is 140 Å². The molecule has 16 unspecified atom stereocenters. The minimum absolute atomic E-state index is 0.0335. The van der Waals surface area contributed by atoms with Gasteiger partial charge in [0.2, 0.25) is 6.29 Å². The van der Waals surface area contributed by atoms with E-state index in [0.29, 0.717) is 51.4 Å². The fourth-order valence-electron chi connectivity index (χ4n) is 22.9. The van der Waals surface area contributed by atoms with Gasteiger partial charge in [-0.05, 0) is 123 Å². The number of ether oxygens (including phenoxy) is 16. The molecule has 0 aromatic rings. The van der Waals surface area contributed by atoms with Crippen LogP contribution in [0.1, 0.15) is 179 Å². The maximum atomic E-state index is 16.2. The molecule has 7 heterocycles. The van der Waals surface area contributed by atoms with E-state index in [9.17, 15) is 126 Å². The van der Waals surface area contributed by atoms with Crippen molar-refractivity contribution in [2.45, 2.75) is 413 Å². The summed E-state index contributed by atoms with van der Waals surface area (Å²) in [7, 11) is 0. The second-order valence-corrected chi connectivity index (χ2v) is 40.1. The number of hydrogen-bond donors (Lipinski definition) is 21. The highest BCUT2D eigenvalue weighted by Crippen LogP contribution is 2.76. The molecule has 7 aliphatic heterocycles. The first kappa shape index (κ1) is 104. The molecule has 12 rings (SSSR count). The molecule has 0 bridgehead atoms. The Kier molecular flexibility index (Phi) is 33.3. The van der Waals surface area contributed by atoms with Gasteiger partial charge in [-0.15, -0.1) is 0 Å². The first-order valence-electron chi connectivity index (χ1n) is 45.4. The SMILES string of the molecule is CC[C@H](C)[C@H](C[C@H](O)CC(=O)O[C@@H]1C(C)O[C@@H](OC(=O)[C@]23CCC(C)(C)CC2C2=CCC4[C@@]5(C)CC[C@H](O[C@@H]6OC(C(=O)O)[C@H](O)[C@H](O[C@@H]7OC[C@@H](O)[C@H](O)C7O)C6O[C@@H]6OC(CO)[C@H](O)[C@H](O)C6O)[C@@](C)(C=O)C5CC[C@@]4(C)[C@]2(C)C[C@H]3O)[C@H](O[C@@H]2OC(C)[C@H](O[C@@H]3OCC(O)[C@H](O)C3O)C(O)[C@@H]2O)C1O)OC(=O)C[C@@H](O)C[C@H](O[C@@H]1O[C@@H](CO)C(O)C1O)[C@@H](C)CC. The Hall–Kier alpha value is -4.03. The summed E-state index contributed by atoms with van der Waals surface area (Å²) in [6, 6.07) is 0. The molecular formula is C87H140O42. The molecular weight excluding hydrogens is 1720 g/mol. The Morgan fingerprint density at radius 3 is 1.62 bits per heavy atom. The van der Waals surface area contributed by atoms with Crippen molar-refractivity contribution in [1.29, 1.82) is 0 Å². The zero-order valence-electron chi connectivity index (χ0n) is 74.9. The lowest BCUT2D eigenvalue weighted by atomic mass is 9.33. The molecule has 48 atom stereocenters. The highest BCUT2D eigenvalue weighted by Gasteiger charge is 2.73. The number of allylic oxidation sites excluding steroid dienone is 2. The first-order chi connectivity index (χ1) is 60.5. The van der Waals surface area contributed by atoms with E-state index >= 15 is 4.79 Å². The number of fused-ring (bicyclic) bond motifs is 7. The maximum Gasteiger partial charge on any atom is 0.335 e. The first-order valence-corrected chi connectivity index (χ1v) is 45.4. The number of hydrogen-bond acceptors (Lipinski definition) is 41. The van der Waals surface area contributed by atoms with Crippen molar-refractivity contribution in [3.63, 3.8) is 0 Å². The van der Waals surface area contributed by atoms with Crippen molar-refractivity contribution in [2.75, 3.05) is 26.4 Å². The van der Waals surface area contributed by atoms with E-state index in [1.807, 2.05) is 27.7 Å². The molecule has 12 aliphatic rings. The average molecular weight is 1860 g/mol. The van der Waals surface area contributed by atoms with Crippen LogP contribution in [0.3, 0.4) is 0 Å². The molecule has 4 saturated carbocycles. The third kappa shape index (κ3) is 20.2. The van der Waals surface area contributed by atoms with Crippen LogP contribution >= 0.6 is 0 Å². The summed E-state index contributed by atoms with van der Waals surface area (Å²) >= 11 is 0. The topological polar surface area (TPSA) is 658 Å². The Morgan fingerprint density at radius 2 is 1.02 bits per heavy atom. The van der Waals surface area contributed by atoms with Crippen molar-refractivity contribution >= 4 is 30.2 Å². The largest absolute Gasteiger partial charge is 0.479 e. The molecule has 5 aliphatic carbocycles. The zero-order valence-corrected chi connectivity index (χ0v) is 74.9. The van der Waals surface area contributed by atoms with Gasteiger partial charge in [-0.3, -0.25) is 14.4 Å². The second kappa shape index (κ2) is 41.3. The number of aliphatic hydroxyl groups excluding tert-OH is 20. The van der Waals surface area contributed by atoms with Crippen LogP contribution in [0.4, 0.5) is 0 Å². The Bertz CT molecular complexity index is 3790. The van der Waals surface area contributed by atoms with E-state index in [1.54, 1.807) is 20.8 Å². The molecule has 11 fully saturated rings. The van der Waals surface area contributed by atoms with E-state index in [-0.39, 0.29) is 43.9 Å². The van der Waals surface area contributed by atoms with Crippen LogP contribution in [0.25, 0.3) is 0 Å². The minimum atomic E-state index is -2.25. The van der Waals surface area contributed by atoms with Crippen LogP contribution in [0, 0.1) is 62.1 Å². The number of carboxylic acids is 1. The molecule has 42 heteroatoms. The van der Waals surface area contributed by atoms with E-state index in [4.69, 9.17) is 75.8 Å².